The van der Waals surface area contributed by atoms with Gasteiger partial charge in [0.05, 0.1) is 0 Å². The summed E-state index contributed by atoms with van der Waals surface area (Å²) in [6, 6.07) is 7.01. The standard InChI is InChI=1S/C15H22FNS/c1-3-14(4-2)9-15(10-14,11-17)18-13-8-6-5-7-12(13)16/h5-8H,3-4,9-11,17H2,1-2H3. The molecule has 0 atom stereocenters. The van der Waals surface area contributed by atoms with Crippen molar-refractivity contribution >= 4 is 11.8 Å². The van der Waals surface area contributed by atoms with Crippen LogP contribution in [0.2, 0.25) is 0 Å². The maximum Gasteiger partial charge on any atom is 0.136 e. The van der Waals surface area contributed by atoms with Crippen LogP contribution in [0.3, 0.4) is 0 Å². The molecule has 1 nitrogen and oxygen atoms in total. The monoisotopic (exact) mass is 267 g/mol. The lowest BCUT2D eigenvalue weighted by atomic mass is 9.58. The maximum absolute atomic E-state index is 13.7. The van der Waals surface area contributed by atoms with Gasteiger partial charge in [0, 0.05) is 16.2 Å². The van der Waals surface area contributed by atoms with Crippen molar-refractivity contribution in [3.05, 3.63) is 30.1 Å². The van der Waals surface area contributed by atoms with Crippen molar-refractivity contribution in [2.75, 3.05) is 6.54 Å². The number of benzene rings is 1. The number of hydrogen-bond donors (Lipinski definition) is 1. The van der Waals surface area contributed by atoms with E-state index in [1.807, 2.05) is 12.1 Å². The van der Waals surface area contributed by atoms with Gasteiger partial charge >= 0.3 is 0 Å². The van der Waals surface area contributed by atoms with Gasteiger partial charge in [-0.25, -0.2) is 4.39 Å². The van der Waals surface area contributed by atoms with Crippen LogP contribution >= 0.6 is 11.8 Å². The number of hydrogen-bond acceptors (Lipinski definition) is 2. The van der Waals surface area contributed by atoms with Crippen molar-refractivity contribution < 1.29 is 4.39 Å². The Morgan fingerprint density at radius 1 is 1.22 bits per heavy atom. The Balaban J connectivity index is 2.11. The van der Waals surface area contributed by atoms with Crippen LogP contribution in [-0.4, -0.2) is 11.3 Å². The van der Waals surface area contributed by atoms with Gasteiger partial charge < -0.3 is 5.73 Å². The Labute approximate surface area is 113 Å². The fourth-order valence-corrected chi connectivity index (χ4v) is 4.70. The van der Waals surface area contributed by atoms with E-state index in [2.05, 4.69) is 13.8 Å². The molecule has 0 aromatic heterocycles. The van der Waals surface area contributed by atoms with E-state index in [0.29, 0.717) is 12.0 Å². The first-order valence-corrected chi connectivity index (χ1v) is 7.54. The fourth-order valence-electron chi connectivity index (χ4n) is 3.08. The third kappa shape index (κ3) is 2.43. The normalized spacial score (nSPS) is 20.4. The molecule has 2 N–H and O–H groups in total. The molecule has 100 valence electrons. The summed E-state index contributed by atoms with van der Waals surface area (Å²) in [5.41, 5.74) is 6.40. The van der Waals surface area contributed by atoms with Crippen molar-refractivity contribution in [3.8, 4) is 0 Å². The summed E-state index contributed by atoms with van der Waals surface area (Å²) in [5.74, 6) is -0.124. The molecule has 18 heavy (non-hydrogen) atoms. The van der Waals surface area contributed by atoms with Crippen LogP contribution in [0.1, 0.15) is 39.5 Å². The molecule has 0 bridgehead atoms. The van der Waals surface area contributed by atoms with Crippen LogP contribution in [0.15, 0.2) is 29.2 Å². The molecule has 1 saturated carbocycles. The lowest BCUT2D eigenvalue weighted by Gasteiger charge is -2.55. The Hall–Kier alpha value is -0.540. The third-order valence-corrected chi connectivity index (χ3v) is 5.87. The second kappa shape index (κ2) is 5.22. The molecular formula is C15H22FNS. The predicted molar refractivity (Wildman–Crippen MR) is 76.3 cm³/mol. The van der Waals surface area contributed by atoms with Gasteiger partial charge in [0.2, 0.25) is 0 Å². The third-order valence-electron chi connectivity index (χ3n) is 4.43. The Kier molecular flexibility index (Phi) is 4.02. The summed E-state index contributed by atoms with van der Waals surface area (Å²) in [6.07, 6.45) is 4.62. The highest BCUT2D eigenvalue weighted by Crippen LogP contribution is 2.60. The van der Waals surface area contributed by atoms with Crippen LogP contribution in [0.25, 0.3) is 0 Å². The van der Waals surface area contributed by atoms with Gasteiger partial charge in [-0.1, -0.05) is 38.8 Å². The zero-order chi connectivity index (χ0) is 13.2. The summed E-state index contributed by atoms with van der Waals surface area (Å²) < 4.78 is 13.8. The highest BCUT2D eigenvalue weighted by atomic mass is 32.2. The summed E-state index contributed by atoms with van der Waals surface area (Å²) in [6.45, 7) is 5.13. The number of halogens is 1. The van der Waals surface area contributed by atoms with Gasteiger partial charge in [0.1, 0.15) is 5.82 Å². The molecule has 0 spiro atoms. The second-order valence-corrected chi connectivity index (χ2v) is 6.99. The zero-order valence-electron chi connectivity index (χ0n) is 11.2. The first-order chi connectivity index (χ1) is 8.59. The van der Waals surface area contributed by atoms with Crippen LogP contribution < -0.4 is 5.73 Å². The first kappa shape index (κ1) is 13.9. The molecule has 0 saturated heterocycles. The molecule has 1 aliphatic rings. The minimum atomic E-state index is -0.124. The SMILES string of the molecule is CCC1(CC)CC(CN)(Sc2ccccc2F)C1. The maximum atomic E-state index is 13.7. The van der Waals surface area contributed by atoms with Crippen molar-refractivity contribution in [1.82, 2.24) is 0 Å². The molecule has 1 fully saturated rings. The van der Waals surface area contributed by atoms with E-state index in [9.17, 15) is 4.39 Å². The number of rotatable bonds is 5. The van der Waals surface area contributed by atoms with E-state index >= 15 is 0 Å². The van der Waals surface area contributed by atoms with E-state index in [4.69, 9.17) is 5.73 Å². The summed E-state index contributed by atoms with van der Waals surface area (Å²) in [7, 11) is 0. The van der Waals surface area contributed by atoms with Gasteiger partial charge in [-0.2, -0.15) is 0 Å². The number of nitrogens with two attached hydrogens (primary N) is 1. The van der Waals surface area contributed by atoms with E-state index in [1.54, 1.807) is 17.8 Å². The largest absolute Gasteiger partial charge is 0.329 e. The summed E-state index contributed by atoms with van der Waals surface area (Å²) in [5, 5.41) is 0. The topological polar surface area (TPSA) is 26.0 Å². The molecule has 2 rings (SSSR count). The molecule has 1 aliphatic carbocycles. The van der Waals surface area contributed by atoms with Gasteiger partial charge in [-0.3, -0.25) is 0 Å². The molecule has 0 unspecified atom stereocenters. The molecule has 0 aliphatic heterocycles. The minimum absolute atomic E-state index is 0.0498. The van der Waals surface area contributed by atoms with E-state index in [0.717, 1.165) is 17.7 Å². The van der Waals surface area contributed by atoms with Gasteiger partial charge in [-0.05, 0) is 30.4 Å². The molecular weight excluding hydrogens is 245 g/mol. The highest BCUT2D eigenvalue weighted by Gasteiger charge is 2.52. The lowest BCUT2D eigenvalue weighted by molar-refractivity contribution is 0.0749. The van der Waals surface area contributed by atoms with E-state index in [-0.39, 0.29) is 10.6 Å². The molecule has 1 aromatic rings. The van der Waals surface area contributed by atoms with Gasteiger partial charge in [-0.15, -0.1) is 11.8 Å². The minimum Gasteiger partial charge on any atom is -0.329 e. The van der Waals surface area contributed by atoms with Crippen molar-refractivity contribution in [2.24, 2.45) is 11.1 Å². The lowest BCUT2D eigenvalue weighted by Crippen LogP contribution is -2.53. The van der Waals surface area contributed by atoms with E-state index in [1.165, 1.54) is 18.9 Å². The number of thioether (sulfide) groups is 1. The summed E-state index contributed by atoms with van der Waals surface area (Å²) in [4.78, 5) is 0.740. The molecule has 0 radical (unpaired) electrons. The predicted octanol–water partition coefficient (Wildman–Crippen LogP) is 4.22. The Morgan fingerprint density at radius 2 is 1.83 bits per heavy atom. The van der Waals surface area contributed by atoms with Crippen LogP contribution in [0, 0.1) is 11.2 Å². The van der Waals surface area contributed by atoms with Crippen molar-refractivity contribution in [2.45, 2.75) is 49.2 Å². The molecule has 3 heteroatoms. The average Bonchev–Trinajstić information content (AvgIpc) is 2.36. The Morgan fingerprint density at radius 3 is 2.33 bits per heavy atom. The van der Waals surface area contributed by atoms with Crippen LogP contribution in [0.4, 0.5) is 4.39 Å². The van der Waals surface area contributed by atoms with Crippen LogP contribution in [-0.2, 0) is 0 Å². The smallest absolute Gasteiger partial charge is 0.136 e. The molecule has 1 aromatic carbocycles. The van der Waals surface area contributed by atoms with Gasteiger partial charge in [0.15, 0.2) is 0 Å². The summed E-state index contributed by atoms with van der Waals surface area (Å²) >= 11 is 1.64. The quantitative estimate of drug-likeness (QED) is 0.864. The zero-order valence-corrected chi connectivity index (χ0v) is 12.0. The average molecular weight is 267 g/mol. The second-order valence-electron chi connectivity index (χ2n) is 5.48. The first-order valence-electron chi connectivity index (χ1n) is 6.72. The van der Waals surface area contributed by atoms with Crippen molar-refractivity contribution in [1.29, 1.82) is 0 Å². The Bertz CT molecular complexity index is 407. The van der Waals surface area contributed by atoms with Gasteiger partial charge in [0.25, 0.3) is 0 Å². The van der Waals surface area contributed by atoms with Crippen LogP contribution in [0.5, 0.6) is 0 Å². The highest BCUT2D eigenvalue weighted by molar-refractivity contribution is 8.00. The fraction of sp³-hybridized carbons (Fsp3) is 0.600. The molecule has 0 heterocycles. The van der Waals surface area contributed by atoms with E-state index < -0.39 is 0 Å². The molecule has 0 amide bonds. The van der Waals surface area contributed by atoms with Crippen molar-refractivity contribution in [3.63, 3.8) is 0 Å².